The first-order valence-corrected chi connectivity index (χ1v) is 11.6. The van der Waals surface area contributed by atoms with Crippen molar-refractivity contribution in [3.8, 4) is 5.75 Å². The number of urea groups is 1. The van der Waals surface area contributed by atoms with Gasteiger partial charge < -0.3 is 20.3 Å². The zero-order valence-electron chi connectivity index (χ0n) is 17.3. The number of amides is 3. The molecule has 0 aliphatic carbocycles. The lowest BCUT2D eigenvalue weighted by molar-refractivity contribution is 0.102. The lowest BCUT2D eigenvalue weighted by atomic mass is 10.1. The number of nitrogens with zero attached hydrogens (tertiary/aromatic N) is 2. The Morgan fingerprint density at radius 2 is 2.03 bits per heavy atom. The number of nitrogens with one attached hydrogen (secondary N) is 3. The number of hydrogen-bond acceptors (Lipinski definition) is 6. The van der Waals surface area contributed by atoms with Gasteiger partial charge in [0, 0.05) is 43.3 Å². The Kier molecular flexibility index (Phi) is 7.08. The van der Waals surface area contributed by atoms with Crippen LogP contribution in [0.4, 0.5) is 16.2 Å². The predicted molar refractivity (Wildman–Crippen MR) is 117 cm³/mol. The van der Waals surface area contributed by atoms with E-state index in [2.05, 4.69) is 20.3 Å². The minimum Gasteiger partial charge on any atom is -0.494 e. The van der Waals surface area contributed by atoms with Crippen LogP contribution in [0.2, 0.25) is 0 Å². The lowest BCUT2D eigenvalue weighted by Gasteiger charge is -2.32. The number of ether oxygens (including phenoxy) is 1. The van der Waals surface area contributed by atoms with E-state index in [1.165, 1.54) is 13.3 Å². The first-order chi connectivity index (χ1) is 14.7. The third-order valence-corrected chi connectivity index (χ3v) is 5.48. The summed E-state index contributed by atoms with van der Waals surface area (Å²) in [5, 5.41) is 5.55. The average Bonchev–Trinajstić information content (AvgIpc) is 2.74. The number of piperidine rings is 1. The van der Waals surface area contributed by atoms with Crippen LogP contribution in [0.25, 0.3) is 0 Å². The SMILES string of the molecule is COc1cc(NC(=O)N2CCCC(NS(C)(=O)=O)C2)ccc1NC(=O)c1cccnc1. The molecule has 0 bridgehead atoms. The summed E-state index contributed by atoms with van der Waals surface area (Å²) in [6, 6.07) is 7.55. The van der Waals surface area contributed by atoms with E-state index >= 15 is 0 Å². The van der Waals surface area contributed by atoms with Gasteiger partial charge in [-0.3, -0.25) is 9.78 Å². The van der Waals surface area contributed by atoms with Crippen molar-refractivity contribution in [2.24, 2.45) is 0 Å². The fraction of sp³-hybridized carbons (Fsp3) is 0.350. The normalized spacial score (nSPS) is 16.5. The van der Waals surface area contributed by atoms with E-state index in [0.29, 0.717) is 42.1 Å². The molecule has 11 heteroatoms. The molecule has 0 spiro atoms. The third-order valence-electron chi connectivity index (χ3n) is 4.71. The largest absolute Gasteiger partial charge is 0.494 e. The maximum atomic E-state index is 12.6. The quantitative estimate of drug-likeness (QED) is 0.620. The van der Waals surface area contributed by atoms with Gasteiger partial charge in [0.1, 0.15) is 5.75 Å². The molecule has 1 aliphatic rings. The minimum atomic E-state index is -3.34. The molecule has 2 heterocycles. The number of rotatable bonds is 6. The van der Waals surface area contributed by atoms with Crippen LogP contribution in [-0.2, 0) is 10.0 Å². The number of hydrogen-bond donors (Lipinski definition) is 3. The Morgan fingerprint density at radius 1 is 1.23 bits per heavy atom. The number of aromatic nitrogens is 1. The van der Waals surface area contributed by atoms with E-state index < -0.39 is 10.0 Å². The van der Waals surface area contributed by atoms with Gasteiger partial charge in [-0.25, -0.2) is 17.9 Å². The Hall–Kier alpha value is -3.18. The predicted octanol–water partition coefficient (Wildman–Crippen LogP) is 1.89. The van der Waals surface area contributed by atoms with Crippen LogP contribution in [0.3, 0.4) is 0 Å². The summed E-state index contributed by atoms with van der Waals surface area (Å²) in [5.41, 5.74) is 1.34. The molecule has 3 rings (SSSR count). The molecule has 2 aromatic rings. The molecular weight excluding hydrogens is 422 g/mol. The molecule has 3 amide bonds. The monoisotopic (exact) mass is 447 g/mol. The first-order valence-electron chi connectivity index (χ1n) is 9.68. The molecule has 1 aromatic carbocycles. The van der Waals surface area contributed by atoms with Crippen LogP contribution in [0.1, 0.15) is 23.2 Å². The number of carbonyl (C=O) groups excluding carboxylic acids is 2. The second-order valence-corrected chi connectivity index (χ2v) is 9.00. The van der Waals surface area contributed by atoms with Crippen molar-refractivity contribution in [2.45, 2.75) is 18.9 Å². The topological polar surface area (TPSA) is 130 Å². The van der Waals surface area contributed by atoms with Crippen LogP contribution < -0.4 is 20.1 Å². The average molecular weight is 448 g/mol. The van der Waals surface area contributed by atoms with E-state index in [1.807, 2.05) is 0 Å². The summed E-state index contributed by atoms with van der Waals surface area (Å²) in [7, 11) is -1.87. The number of pyridine rings is 1. The molecule has 1 saturated heterocycles. The smallest absolute Gasteiger partial charge is 0.321 e. The number of likely N-dealkylation sites (tertiary alicyclic amines) is 1. The fourth-order valence-corrected chi connectivity index (χ4v) is 4.12. The molecule has 1 atom stereocenters. The summed E-state index contributed by atoms with van der Waals surface area (Å²) >= 11 is 0. The van der Waals surface area contributed by atoms with Crippen molar-refractivity contribution in [1.29, 1.82) is 0 Å². The van der Waals surface area contributed by atoms with Crippen LogP contribution in [0.15, 0.2) is 42.7 Å². The van der Waals surface area contributed by atoms with E-state index in [4.69, 9.17) is 4.74 Å². The zero-order valence-corrected chi connectivity index (χ0v) is 18.1. The second kappa shape index (κ2) is 9.75. The van der Waals surface area contributed by atoms with Crippen molar-refractivity contribution in [2.75, 3.05) is 37.1 Å². The van der Waals surface area contributed by atoms with Gasteiger partial charge in [-0.05, 0) is 37.1 Å². The number of benzene rings is 1. The van der Waals surface area contributed by atoms with Gasteiger partial charge in [-0.2, -0.15) is 0 Å². The highest BCUT2D eigenvalue weighted by atomic mass is 32.2. The highest BCUT2D eigenvalue weighted by molar-refractivity contribution is 7.88. The van der Waals surface area contributed by atoms with E-state index in [9.17, 15) is 18.0 Å². The van der Waals surface area contributed by atoms with E-state index in [1.54, 1.807) is 41.4 Å². The maximum absolute atomic E-state index is 12.6. The lowest BCUT2D eigenvalue weighted by Crippen LogP contribution is -2.50. The molecule has 10 nitrogen and oxygen atoms in total. The van der Waals surface area contributed by atoms with Gasteiger partial charge in [-0.1, -0.05) is 0 Å². The Bertz CT molecular complexity index is 1050. The van der Waals surface area contributed by atoms with Gasteiger partial charge in [0.25, 0.3) is 5.91 Å². The molecule has 3 N–H and O–H groups in total. The Balaban J connectivity index is 1.65. The summed E-state index contributed by atoms with van der Waals surface area (Å²) in [6.07, 6.45) is 5.52. The molecule has 1 aromatic heterocycles. The summed E-state index contributed by atoms with van der Waals surface area (Å²) in [6.45, 7) is 0.819. The summed E-state index contributed by atoms with van der Waals surface area (Å²) < 4.78 is 30.8. The van der Waals surface area contributed by atoms with Crippen molar-refractivity contribution < 1.29 is 22.7 Å². The molecule has 1 aliphatic heterocycles. The van der Waals surface area contributed by atoms with Gasteiger partial charge >= 0.3 is 6.03 Å². The molecule has 166 valence electrons. The second-order valence-electron chi connectivity index (χ2n) is 7.22. The molecule has 1 fully saturated rings. The van der Waals surface area contributed by atoms with Gasteiger partial charge in [0.2, 0.25) is 10.0 Å². The third kappa shape index (κ3) is 6.40. The van der Waals surface area contributed by atoms with Crippen LogP contribution in [-0.4, -0.2) is 62.7 Å². The molecule has 0 saturated carbocycles. The number of sulfonamides is 1. The van der Waals surface area contributed by atoms with E-state index in [-0.39, 0.29) is 24.5 Å². The maximum Gasteiger partial charge on any atom is 0.321 e. The van der Waals surface area contributed by atoms with Gasteiger partial charge in [0.05, 0.1) is 24.6 Å². The first kappa shape index (κ1) is 22.5. The van der Waals surface area contributed by atoms with Gasteiger partial charge in [-0.15, -0.1) is 0 Å². The van der Waals surface area contributed by atoms with Crippen molar-refractivity contribution in [3.05, 3.63) is 48.3 Å². The van der Waals surface area contributed by atoms with Crippen molar-refractivity contribution in [3.63, 3.8) is 0 Å². The van der Waals surface area contributed by atoms with E-state index in [0.717, 1.165) is 6.26 Å². The van der Waals surface area contributed by atoms with Gasteiger partial charge in [0.15, 0.2) is 0 Å². The highest BCUT2D eigenvalue weighted by Gasteiger charge is 2.25. The Morgan fingerprint density at radius 3 is 2.71 bits per heavy atom. The molecule has 0 radical (unpaired) electrons. The molecule has 31 heavy (non-hydrogen) atoms. The number of methoxy groups -OCH3 is 1. The molecular formula is C20H25N5O5S. The number of carbonyl (C=O) groups is 2. The Labute approximate surface area is 181 Å². The summed E-state index contributed by atoms with van der Waals surface area (Å²) in [4.78, 5) is 30.5. The van der Waals surface area contributed by atoms with Crippen molar-refractivity contribution >= 4 is 33.3 Å². The highest BCUT2D eigenvalue weighted by Crippen LogP contribution is 2.28. The summed E-state index contributed by atoms with van der Waals surface area (Å²) in [5.74, 6) is 0.0474. The fourth-order valence-electron chi connectivity index (χ4n) is 3.33. The minimum absolute atomic E-state index is 0.287. The zero-order chi connectivity index (χ0) is 22.4. The number of anilines is 2. The van der Waals surface area contributed by atoms with Crippen LogP contribution >= 0.6 is 0 Å². The molecule has 1 unspecified atom stereocenters. The van der Waals surface area contributed by atoms with Crippen molar-refractivity contribution in [1.82, 2.24) is 14.6 Å². The van der Waals surface area contributed by atoms with Crippen LogP contribution in [0, 0.1) is 0 Å². The van der Waals surface area contributed by atoms with Crippen LogP contribution in [0.5, 0.6) is 5.75 Å². The standard InChI is InChI=1S/C20H25N5O5S/c1-30-18-11-15(7-8-17(18)23-19(26)14-5-3-9-21-12-14)22-20(27)25-10-4-6-16(13-25)24-31(2,28)29/h3,5,7-9,11-12,16,24H,4,6,10,13H2,1-2H3,(H,22,27)(H,23,26).